The van der Waals surface area contributed by atoms with Gasteiger partial charge in [-0.25, -0.2) is 0 Å². The molecule has 0 bridgehead atoms. The zero-order valence-electron chi connectivity index (χ0n) is 12.8. The summed E-state index contributed by atoms with van der Waals surface area (Å²) < 4.78 is 0. The molecule has 0 aliphatic carbocycles. The summed E-state index contributed by atoms with van der Waals surface area (Å²) in [6.45, 7) is 1.57. The van der Waals surface area contributed by atoms with Crippen LogP contribution in [0.25, 0.3) is 0 Å². The maximum atomic E-state index is 12.2. The summed E-state index contributed by atoms with van der Waals surface area (Å²) in [6.07, 6.45) is 5.32. The summed E-state index contributed by atoms with van der Waals surface area (Å²) >= 11 is 11.9. The van der Waals surface area contributed by atoms with E-state index in [0.717, 1.165) is 0 Å². The summed E-state index contributed by atoms with van der Waals surface area (Å²) in [4.78, 5) is 24.4. The lowest BCUT2D eigenvalue weighted by Crippen LogP contribution is -2.41. The van der Waals surface area contributed by atoms with Crippen LogP contribution in [0.1, 0.15) is 22.8 Å². The first-order valence-electron chi connectivity index (χ1n) is 7.04. The molecule has 2 rings (SSSR count). The Labute approximate surface area is 150 Å². The molecule has 0 saturated carbocycles. The minimum Gasteiger partial charge on any atom is -0.340 e. The van der Waals surface area contributed by atoms with Crippen LogP contribution in [-0.4, -0.2) is 17.9 Å². The summed E-state index contributed by atoms with van der Waals surface area (Å²) in [5.41, 5.74) is 1.41. The zero-order valence-corrected chi connectivity index (χ0v) is 14.3. The molecule has 1 atom stereocenters. The van der Waals surface area contributed by atoms with Crippen LogP contribution < -0.4 is 10.6 Å². The van der Waals surface area contributed by atoms with Gasteiger partial charge in [-0.05, 0) is 37.3 Å². The lowest BCUT2D eigenvalue weighted by molar-refractivity contribution is -0.117. The molecule has 0 fully saturated rings. The smallest absolute Gasteiger partial charge is 0.253 e. The Hall–Kier alpha value is -2.48. The van der Waals surface area contributed by atoms with Gasteiger partial charge >= 0.3 is 0 Å². The Kier molecular flexibility index (Phi) is 5.86. The molecule has 0 heterocycles. The van der Waals surface area contributed by atoms with E-state index in [0.29, 0.717) is 11.3 Å². The minimum atomic E-state index is -0.776. The van der Waals surface area contributed by atoms with Gasteiger partial charge in [-0.1, -0.05) is 41.3 Å². The highest BCUT2D eigenvalue weighted by molar-refractivity contribution is 6.43. The number of anilines is 1. The predicted molar refractivity (Wildman–Crippen MR) is 96.4 cm³/mol. The van der Waals surface area contributed by atoms with Gasteiger partial charge in [0.25, 0.3) is 5.91 Å². The molecule has 0 radical (unpaired) electrons. The summed E-state index contributed by atoms with van der Waals surface area (Å²) in [5.74, 6) is 1.62. The summed E-state index contributed by atoms with van der Waals surface area (Å²) in [7, 11) is 0. The second kappa shape index (κ2) is 7.87. The van der Waals surface area contributed by atoms with Crippen molar-refractivity contribution in [1.29, 1.82) is 0 Å². The largest absolute Gasteiger partial charge is 0.340 e. The van der Waals surface area contributed by atoms with E-state index in [1.807, 2.05) is 0 Å². The fourth-order valence-corrected chi connectivity index (χ4v) is 2.34. The molecule has 2 aromatic rings. The monoisotopic (exact) mass is 360 g/mol. The average molecular weight is 361 g/mol. The Morgan fingerprint density at radius 3 is 2.58 bits per heavy atom. The highest BCUT2D eigenvalue weighted by atomic mass is 35.5. The Morgan fingerprint density at radius 2 is 1.88 bits per heavy atom. The number of carbonyl (C=O) groups is 2. The molecule has 0 spiro atoms. The highest BCUT2D eigenvalue weighted by Crippen LogP contribution is 2.25. The van der Waals surface area contributed by atoms with E-state index in [4.69, 9.17) is 29.6 Å². The number of benzene rings is 2. The van der Waals surface area contributed by atoms with Crippen LogP contribution in [0, 0.1) is 12.3 Å². The molecule has 2 aromatic carbocycles. The van der Waals surface area contributed by atoms with Crippen molar-refractivity contribution >= 4 is 40.7 Å². The molecule has 122 valence electrons. The van der Waals surface area contributed by atoms with E-state index in [-0.39, 0.29) is 21.5 Å². The molecule has 0 saturated heterocycles. The molecule has 0 aliphatic rings. The second-order valence-corrected chi connectivity index (χ2v) is 5.80. The summed E-state index contributed by atoms with van der Waals surface area (Å²) in [5, 5.41) is 5.68. The van der Waals surface area contributed by atoms with Gasteiger partial charge in [-0.15, -0.1) is 6.42 Å². The standard InChI is InChI=1S/C18H14Cl2N2O2/c1-3-12-6-4-7-13(10-12)22-17(23)11(2)21-18(24)14-8-5-9-15(19)16(14)20/h1,4-11H,2H3,(H,21,24)(H,22,23). The molecular formula is C18H14Cl2N2O2. The van der Waals surface area contributed by atoms with Gasteiger partial charge in [-0.3, -0.25) is 9.59 Å². The molecule has 2 N–H and O–H groups in total. The predicted octanol–water partition coefficient (Wildman–Crippen LogP) is 3.73. The highest BCUT2D eigenvalue weighted by Gasteiger charge is 2.19. The van der Waals surface area contributed by atoms with Gasteiger partial charge in [-0.2, -0.15) is 0 Å². The molecular weight excluding hydrogens is 347 g/mol. The second-order valence-electron chi connectivity index (χ2n) is 5.01. The van der Waals surface area contributed by atoms with Gasteiger partial charge in [0.05, 0.1) is 15.6 Å². The van der Waals surface area contributed by atoms with Gasteiger partial charge in [0.15, 0.2) is 0 Å². The number of carbonyl (C=O) groups excluding carboxylic acids is 2. The summed E-state index contributed by atoms with van der Waals surface area (Å²) in [6, 6.07) is 10.8. The third-order valence-corrected chi connectivity index (χ3v) is 4.05. The molecule has 0 aromatic heterocycles. The van der Waals surface area contributed by atoms with Crippen molar-refractivity contribution in [3.8, 4) is 12.3 Å². The van der Waals surface area contributed by atoms with Crippen molar-refractivity contribution in [1.82, 2.24) is 5.32 Å². The minimum absolute atomic E-state index is 0.144. The first-order chi connectivity index (χ1) is 11.4. The van der Waals surface area contributed by atoms with Crippen LogP contribution in [-0.2, 0) is 4.79 Å². The molecule has 0 aliphatic heterocycles. The van der Waals surface area contributed by atoms with Crippen LogP contribution in [0.5, 0.6) is 0 Å². The maximum Gasteiger partial charge on any atom is 0.253 e. The van der Waals surface area contributed by atoms with E-state index in [9.17, 15) is 9.59 Å². The number of nitrogens with one attached hydrogen (secondary N) is 2. The normalized spacial score (nSPS) is 11.2. The Morgan fingerprint density at radius 1 is 1.17 bits per heavy atom. The van der Waals surface area contributed by atoms with Crippen molar-refractivity contribution in [2.24, 2.45) is 0 Å². The fraction of sp³-hybridized carbons (Fsp3) is 0.111. The lowest BCUT2D eigenvalue weighted by atomic mass is 10.2. The van der Waals surface area contributed by atoms with E-state index in [2.05, 4.69) is 16.6 Å². The number of amides is 2. The first-order valence-corrected chi connectivity index (χ1v) is 7.80. The topological polar surface area (TPSA) is 58.2 Å². The lowest BCUT2D eigenvalue weighted by Gasteiger charge is -2.15. The van der Waals surface area contributed by atoms with Gasteiger partial charge in [0.1, 0.15) is 6.04 Å². The number of hydrogen-bond donors (Lipinski definition) is 2. The van der Waals surface area contributed by atoms with Crippen LogP contribution in [0.15, 0.2) is 42.5 Å². The van der Waals surface area contributed by atoms with E-state index >= 15 is 0 Å². The molecule has 24 heavy (non-hydrogen) atoms. The first kappa shape index (κ1) is 17.9. The van der Waals surface area contributed by atoms with Crippen molar-refractivity contribution in [2.45, 2.75) is 13.0 Å². The van der Waals surface area contributed by atoms with Gasteiger partial charge in [0, 0.05) is 11.3 Å². The number of rotatable bonds is 4. The van der Waals surface area contributed by atoms with Crippen molar-refractivity contribution in [3.63, 3.8) is 0 Å². The molecule has 2 amide bonds. The van der Waals surface area contributed by atoms with Crippen molar-refractivity contribution < 1.29 is 9.59 Å². The molecule has 6 heteroatoms. The van der Waals surface area contributed by atoms with Crippen LogP contribution >= 0.6 is 23.2 Å². The van der Waals surface area contributed by atoms with Gasteiger partial charge in [0.2, 0.25) is 5.91 Å². The average Bonchev–Trinajstić information content (AvgIpc) is 2.57. The van der Waals surface area contributed by atoms with Crippen LogP contribution in [0.2, 0.25) is 10.0 Å². The van der Waals surface area contributed by atoms with E-state index in [1.54, 1.807) is 43.3 Å². The van der Waals surface area contributed by atoms with Crippen LogP contribution in [0.3, 0.4) is 0 Å². The fourth-order valence-electron chi connectivity index (χ4n) is 1.96. The zero-order chi connectivity index (χ0) is 17.7. The van der Waals surface area contributed by atoms with Crippen molar-refractivity contribution in [2.75, 3.05) is 5.32 Å². The Balaban J connectivity index is 2.04. The van der Waals surface area contributed by atoms with E-state index < -0.39 is 11.9 Å². The van der Waals surface area contributed by atoms with E-state index in [1.165, 1.54) is 6.07 Å². The third-order valence-electron chi connectivity index (χ3n) is 3.23. The van der Waals surface area contributed by atoms with Gasteiger partial charge < -0.3 is 10.6 Å². The molecule has 4 nitrogen and oxygen atoms in total. The SMILES string of the molecule is C#Cc1cccc(NC(=O)C(C)NC(=O)c2cccc(Cl)c2Cl)c1. The Bertz CT molecular complexity index is 828. The quantitative estimate of drug-likeness (QED) is 0.816. The van der Waals surface area contributed by atoms with Crippen LogP contribution in [0.4, 0.5) is 5.69 Å². The maximum absolute atomic E-state index is 12.2. The third kappa shape index (κ3) is 4.29. The molecule has 1 unspecified atom stereocenters. The number of hydrogen-bond acceptors (Lipinski definition) is 2. The van der Waals surface area contributed by atoms with Crippen molar-refractivity contribution in [3.05, 3.63) is 63.6 Å². The number of halogens is 2. The number of terminal acetylenes is 1.